The number of thiazole rings is 1. The van der Waals surface area contributed by atoms with Gasteiger partial charge in [0.25, 0.3) is 0 Å². The lowest BCUT2D eigenvalue weighted by Crippen LogP contribution is -2.63. The molecule has 0 fully saturated rings. The minimum atomic E-state index is -1.53. The van der Waals surface area contributed by atoms with Gasteiger partial charge in [0.15, 0.2) is 5.13 Å². The molecule has 0 saturated heterocycles. The molecule has 5 rings (SSSR count). The number of nitrogens with one attached hydrogen (secondary N) is 5. The summed E-state index contributed by atoms with van der Waals surface area (Å²) in [7, 11) is 1.57. The number of aromatic nitrogens is 1. The van der Waals surface area contributed by atoms with Crippen molar-refractivity contribution in [2.24, 2.45) is 11.8 Å². The number of benzene rings is 4. The monoisotopic (exact) mass is 808 g/mol. The first-order chi connectivity index (χ1) is 27.9. The number of hydrogen-bond acceptors (Lipinski definition) is 10. The molecule has 6 N–H and O–H groups in total. The molecule has 306 valence electrons. The number of amides is 4. The van der Waals surface area contributed by atoms with E-state index >= 15 is 0 Å². The third-order valence-electron chi connectivity index (χ3n) is 9.55. The first-order valence-electron chi connectivity index (χ1n) is 19.2. The van der Waals surface area contributed by atoms with Gasteiger partial charge in [0.2, 0.25) is 17.7 Å². The molecule has 0 aliphatic heterocycles. The van der Waals surface area contributed by atoms with E-state index in [1.165, 1.54) is 11.3 Å². The first kappa shape index (κ1) is 43.3. The lowest BCUT2D eigenvalue weighted by atomic mass is 9.93. The van der Waals surface area contributed by atoms with Crippen molar-refractivity contribution in [1.82, 2.24) is 26.3 Å². The highest BCUT2D eigenvalue weighted by molar-refractivity contribution is 7.22. The van der Waals surface area contributed by atoms with Crippen LogP contribution in [0.3, 0.4) is 0 Å². The maximum absolute atomic E-state index is 14.4. The van der Waals surface area contributed by atoms with Gasteiger partial charge >= 0.3 is 6.09 Å². The van der Waals surface area contributed by atoms with Crippen LogP contribution in [0.2, 0.25) is 0 Å². The van der Waals surface area contributed by atoms with E-state index in [1.807, 2.05) is 97.1 Å². The predicted octanol–water partition coefficient (Wildman–Crippen LogP) is 5.58. The lowest BCUT2D eigenvalue weighted by Gasteiger charge is -2.33. The molecule has 14 heteroatoms. The number of rotatable bonds is 19. The van der Waals surface area contributed by atoms with Crippen LogP contribution in [0, 0.1) is 11.8 Å². The number of ether oxygens (including phenoxy) is 2. The molecule has 58 heavy (non-hydrogen) atoms. The Hall–Kier alpha value is -5.83. The topological polar surface area (TPSA) is 180 Å². The molecule has 0 spiro atoms. The normalized spacial score (nSPS) is 13.9. The van der Waals surface area contributed by atoms with Crippen molar-refractivity contribution in [3.8, 4) is 5.75 Å². The van der Waals surface area contributed by atoms with Crippen LogP contribution in [0.4, 0.5) is 9.93 Å². The summed E-state index contributed by atoms with van der Waals surface area (Å²) < 4.78 is 11.6. The van der Waals surface area contributed by atoms with Gasteiger partial charge in [0.1, 0.15) is 30.5 Å². The quantitative estimate of drug-likeness (QED) is 0.0621. The second-order valence-electron chi connectivity index (χ2n) is 14.6. The number of hydrogen-bond donors (Lipinski definition) is 6. The van der Waals surface area contributed by atoms with Gasteiger partial charge in [0, 0.05) is 6.54 Å². The fourth-order valence-corrected chi connectivity index (χ4v) is 7.15. The van der Waals surface area contributed by atoms with Crippen LogP contribution in [0.15, 0.2) is 109 Å². The van der Waals surface area contributed by atoms with Gasteiger partial charge < -0.3 is 35.8 Å². The number of fused-ring (bicyclic) bond motifs is 1. The smallest absolute Gasteiger partial charge is 0.408 e. The average molecular weight is 809 g/mol. The number of carbonyl (C=O) groups excluding carboxylic acids is 4. The maximum Gasteiger partial charge on any atom is 0.408 e. The number of nitrogens with zero attached hydrogens (tertiary/aromatic N) is 1. The molecule has 0 unspecified atom stereocenters. The SMILES string of the molecule is COc1ccc(CN[C@@H](C(=O)N[C@H](C(=O)Nc2nc3ccccc3s2)C(C)C)[C@H](O)[C@H](Cc2ccccc2)NC(=O)[C@@H](NC(=O)OCc2ccccc2)C(C)C)cc1. The highest BCUT2D eigenvalue weighted by Crippen LogP contribution is 2.26. The van der Waals surface area contributed by atoms with Crippen LogP contribution in [-0.4, -0.2) is 71.3 Å². The molecular weight excluding hydrogens is 757 g/mol. The van der Waals surface area contributed by atoms with E-state index in [0.717, 1.165) is 26.9 Å². The van der Waals surface area contributed by atoms with Gasteiger partial charge in [-0.15, -0.1) is 0 Å². The summed E-state index contributed by atoms with van der Waals surface area (Å²) in [6, 6.07) is 28.7. The van der Waals surface area contributed by atoms with Gasteiger partial charge in [0.05, 0.1) is 29.5 Å². The van der Waals surface area contributed by atoms with Crippen molar-refractivity contribution in [3.05, 3.63) is 126 Å². The summed E-state index contributed by atoms with van der Waals surface area (Å²) >= 11 is 1.32. The lowest BCUT2D eigenvalue weighted by molar-refractivity contribution is -0.132. The highest BCUT2D eigenvalue weighted by Gasteiger charge is 2.38. The summed E-state index contributed by atoms with van der Waals surface area (Å²) in [6.45, 7) is 7.34. The minimum absolute atomic E-state index is 0.0150. The van der Waals surface area contributed by atoms with Crippen LogP contribution >= 0.6 is 11.3 Å². The molecule has 1 heterocycles. The molecule has 5 atom stereocenters. The average Bonchev–Trinajstić information content (AvgIpc) is 3.63. The fraction of sp³-hybridized carbons (Fsp3) is 0.341. The molecule has 5 aromatic rings. The Balaban J connectivity index is 1.39. The number of aliphatic hydroxyl groups excluding tert-OH is 1. The van der Waals surface area contributed by atoms with E-state index in [-0.39, 0.29) is 31.4 Å². The fourth-order valence-electron chi connectivity index (χ4n) is 6.28. The van der Waals surface area contributed by atoms with Crippen molar-refractivity contribution < 1.29 is 33.8 Å². The molecule has 4 aromatic carbocycles. The van der Waals surface area contributed by atoms with Crippen LogP contribution < -0.4 is 31.3 Å². The third-order valence-corrected chi connectivity index (χ3v) is 10.5. The molecule has 0 aliphatic carbocycles. The highest BCUT2D eigenvalue weighted by atomic mass is 32.1. The molecule has 0 saturated carbocycles. The molecule has 0 bridgehead atoms. The number of aliphatic hydroxyl groups is 1. The largest absolute Gasteiger partial charge is 0.497 e. The van der Waals surface area contributed by atoms with Gasteiger partial charge in [-0.25, -0.2) is 9.78 Å². The van der Waals surface area contributed by atoms with Crippen molar-refractivity contribution in [2.75, 3.05) is 12.4 Å². The van der Waals surface area contributed by atoms with Crippen LogP contribution in [-0.2, 0) is 38.7 Å². The Morgan fingerprint density at radius 2 is 1.26 bits per heavy atom. The Kier molecular flexibility index (Phi) is 15.7. The number of para-hydroxylation sites is 1. The standard InChI is InChI=1S/C44H52N6O7S/c1-27(2)36(41(53)50-43-47-33-18-12-13-19-35(33)58-43)48-42(54)38(45-25-30-20-22-32(56-5)23-21-30)39(51)34(24-29-14-8-6-9-15-29)46-40(52)37(28(3)4)49-44(55)57-26-31-16-10-7-11-17-31/h6-23,27-28,34,36-39,45,51H,24-26H2,1-5H3,(H,46,52)(H,48,54)(H,49,55)(H,47,50,53)/t34-,36-,37-,38+,39+/m0/s1. The van der Waals surface area contributed by atoms with Crippen molar-refractivity contribution in [1.29, 1.82) is 0 Å². The van der Waals surface area contributed by atoms with E-state index in [4.69, 9.17) is 9.47 Å². The third kappa shape index (κ3) is 12.3. The van der Waals surface area contributed by atoms with E-state index < -0.39 is 54.1 Å². The van der Waals surface area contributed by atoms with E-state index in [2.05, 4.69) is 31.6 Å². The van der Waals surface area contributed by atoms with Crippen LogP contribution in [0.1, 0.15) is 44.4 Å². The van der Waals surface area contributed by atoms with Crippen LogP contribution in [0.5, 0.6) is 5.75 Å². The molecular formula is C44H52N6O7S. The zero-order chi connectivity index (χ0) is 41.6. The van der Waals surface area contributed by atoms with Crippen LogP contribution in [0.25, 0.3) is 10.2 Å². The van der Waals surface area contributed by atoms with Gasteiger partial charge in [-0.05, 0) is 59.2 Å². The minimum Gasteiger partial charge on any atom is -0.497 e. The second-order valence-corrected chi connectivity index (χ2v) is 15.7. The summed E-state index contributed by atoms with van der Waals surface area (Å²) in [6.07, 6.45) is -2.17. The van der Waals surface area contributed by atoms with Crippen molar-refractivity contribution in [2.45, 2.75) is 77.5 Å². The molecule has 4 amide bonds. The Bertz CT molecular complexity index is 2060. The number of anilines is 1. The first-order valence-corrected chi connectivity index (χ1v) is 20.1. The van der Waals surface area contributed by atoms with Gasteiger partial charge in [-0.1, -0.05) is 124 Å². The van der Waals surface area contributed by atoms with E-state index in [9.17, 15) is 24.3 Å². The van der Waals surface area contributed by atoms with Gasteiger partial charge in [-0.3, -0.25) is 19.7 Å². The predicted molar refractivity (Wildman–Crippen MR) is 225 cm³/mol. The van der Waals surface area contributed by atoms with Gasteiger partial charge in [-0.2, -0.15) is 0 Å². The van der Waals surface area contributed by atoms with E-state index in [0.29, 0.717) is 10.9 Å². The summed E-state index contributed by atoms with van der Waals surface area (Å²) in [5.41, 5.74) is 3.10. The maximum atomic E-state index is 14.4. The number of methoxy groups -OCH3 is 1. The summed E-state index contributed by atoms with van der Waals surface area (Å²) in [5, 5.41) is 27.2. The van der Waals surface area contributed by atoms with E-state index in [1.54, 1.807) is 46.9 Å². The summed E-state index contributed by atoms with van der Waals surface area (Å²) in [5.74, 6) is -1.76. The zero-order valence-corrected chi connectivity index (χ0v) is 34.1. The Morgan fingerprint density at radius 3 is 1.88 bits per heavy atom. The van der Waals surface area contributed by atoms with Crippen molar-refractivity contribution in [3.63, 3.8) is 0 Å². The Labute approximate surface area is 342 Å². The molecule has 13 nitrogen and oxygen atoms in total. The number of alkyl carbamates (subject to hydrolysis) is 1. The number of carbonyl (C=O) groups is 4. The summed E-state index contributed by atoms with van der Waals surface area (Å²) in [4.78, 5) is 59.6. The molecule has 0 aliphatic rings. The zero-order valence-electron chi connectivity index (χ0n) is 33.3. The molecule has 1 aromatic heterocycles. The molecule has 0 radical (unpaired) electrons. The Morgan fingerprint density at radius 1 is 0.672 bits per heavy atom. The van der Waals surface area contributed by atoms with Crippen molar-refractivity contribution >= 4 is 50.5 Å². The second kappa shape index (κ2) is 21.1.